The lowest BCUT2D eigenvalue weighted by Crippen LogP contribution is -2.51. The number of guanidine groups is 1. The quantitative estimate of drug-likeness (QED) is 0.318. The first-order valence-electron chi connectivity index (χ1n) is 7.99. The van der Waals surface area contributed by atoms with E-state index in [4.69, 9.17) is 11.5 Å². The van der Waals surface area contributed by atoms with Gasteiger partial charge in [-0.25, -0.2) is 4.99 Å². The summed E-state index contributed by atoms with van der Waals surface area (Å²) in [6.45, 7) is 5.39. The molecule has 0 aromatic heterocycles. The van der Waals surface area contributed by atoms with E-state index >= 15 is 0 Å². The van der Waals surface area contributed by atoms with E-state index in [0.29, 0.717) is 0 Å². The third-order valence-corrected chi connectivity index (χ3v) is 4.72. The molecule has 3 unspecified atom stereocenters. The lowest BCUT2D eigenvalue weighted by molar-refractivity contribution is -0.145. The van der Waals surface area contributed by atoms with E-state index in [2.05, 4.69) is 10.3 Å². The van der Waals surface area contributed by atoms with Crippen molar-refractivity contribution in [3.05, 3.63) is 0 Å². The molecule has 0 aromatic rings. The van der Waals surface area contributed by atoms with Gasteiger partial charge in [0.15, 0.2) is 5.96 Å². The van der Waals surface area contributed by atoms with Crippen molar-refractivity contribution in [3.8, 4) is 0 Å². The van der Waals surface area contributed by atoms with Crippen molar-refractivity contribution < 1.29 is 19.8 Å². The zero-order chi connectivity index (χ0) is 17.7. The fraction of sp³-hybridized carbons (Fsp3) is 0.800. The van der Waals surface area contributed by atoms with E-state index in [9.17, 15) is 19.8 Å². The van der Waals surface area contributed by atoms with Crippen LogP contribution in [0.4, 0.5) is 0 Å². The summed E-state index contributed by atoms with van der Waals surface area (Å²) < 4.78 is 0. The number of carboxylic acids is 1. The van der Waals surface area contributed by atoms with Crippen LogP contribution >= 0.6 is 0 Å². The molecule has 0 heterocycles. The third kappa shape index (κ3) is 4.57. The minimum atomic E-state index is -1.11. The van der Waals surface area contributed by atoms with Gasteiger partial charge in [-0.3, -0.25) is 9.59 Å². The SMILES string of the molecule is CCC(CC)C(NC(C)=O)[C@H]1C(N=C(N)N)C[C@H](C(=O)O)C1O. The highest BCUT2D eigenvalue weighted by Gasteiger charge is 2.50. The van der Waals surface area contributed by atoms with Crippen molar-refractivity contribution in [2.24, 2.45) is 34.2 Å². The minimum Gasteiger partial charge on any atom is -0.481 e. The van der Waals surface area contributed by atoms with Crippen LogP contribution in [0.5, 0.6) is 0 Å². The largest absolute Gasteiger partial charge is 0.481 e. The standard InChI is InChI=1S/C15H28N4O4/c1-4-8(5-2)12(18-7(3)20)11-10(19-15(16)17)6-9(13(11)21)14(22)23/h8-13,21H,4-6H2,1-3H3,(H,18,20)(H,22,23)(H4,16,17,19)/t9-,10?,11+,12?,13?/m0/s1. The summed E-state index contributed by atoms with van der Waals surface area (Å²) in [6.07, 6.45) is 0.612. The Balaban J connectivity index is 3.23. The van der Waals surface area contributed by atoms with Crippen LogP contribution in [-0.4, -0.2) is 46.2 Å². The molecule has 1 aliphatic rings. The number of rotatable bonds is 7. The van der Waals surface area contributed by atoms with Crippen LogP contribution in [0.2, 0.25) is 0 Å². The van der Waals surface area contributed by atoms with Gasteiger partial charge in [0, 0.05) is 18.9 Å². The Labute approximate surface area is 136 Å². The lowest BCUT2D eigenvalue weighted by Gasteiger charge is -2.35. The van der Waals surface area contributed by atoms with Gasteiger partial charge in [-0.15, -0.1) is 0 Å². The molecule has 5 atom stereocenters. The van der Waals surface area contributed by atoms with E-state index in [0.717, 1.165) is 12.8 Å². The highest BCUT2D eigenvalue weighted by atomic mass is 16.4. The van der Waals surface area contributed by atoms with Gasteiger partial charge < -0.3 is 27.0 Å². The highest BCUT2D eigenvalue weighted by Crippen LogP contribution is 2.39. The van der Waals surface area contributed by atoms with Crippen LogP contribution in [0.15, 0.2) is 4.99 Å². The Hall–Kier alpha value is -1.83. The molecule has 1 rings (SSSR count). The summed E-state index contributed by atoms with van der Waals surface area (Å²) in [5.41, 5.74) is 10.9. The van der Waals surface area contributed by atoms with E-state index in [1.54, 1.807) is 0 Å². The van der Waals surface area contributed by atoms with Gasteiger partial charge in [0.05, 0.1) is 18.1 Å². The number of nitrogens with two attached hydrogens (primary N) is 2. The van der Waals surface area contributed by atoms with Crippen molar-refractivity contribution >= 4 is 17.8 Å². The molecule has 8 nitrogen and oxygen atoms in total. The Morgan fingerprint density at radius 1 is 1.30 bits per heavy atom. The van der Waals surface area contributed by atoms with Crippen LogP contribution in [-0.2, 0) is 9.59 Å². The third-order valence-electron chi connectivity index (χ3n) is 4.72. The number of aliphatic hydroxyl groups excluding tert-OH is 1. The van der Waals surface area contributed by atoms with Crippen LogP contribution in [0.25, 0.3) is 0 Å². The zero-order valence-electron chi connectivity index (χ0n) is 13.9. The summed E-state index contributed by atoms with van der Waals surface area (Å²) in [6, 6.07) is -0.913. The number of amides is 1. The molecule has 1 saturated carbocycles. The second kappa shape index (κ2) is 8.14. The fourth-order valence-electron chi connectivity index (χ4n) is 3.64. The Morgan fingerprint density at radius 2 is 1.87 bits per heavy atom. The fourth-order valence-corrected chi connectivity index (χ4v) is 3.64. The number of aliphatic imine (C=N–C) groups is 1. The van der Waals surface area contributed by atoms with Gasteiger partial charge >= 0.3 is 5.97 Å². The number of nitrogens with zero attached hydrogens (tertiary/aromatic N) is 1. The van der Waals surface area contributed by atoms with Crippen molar-refractivity contribution in [3.63, 3.8) is 0 Å². The first kappa shape index (κ1) is 19.2. The number of aliphatic hydroxyl groups is 1. The summed E-state index contributed by atoms with van der Waals surface area (Å²) in [5, 5.41) is 22.7. The highest BCUT2D eigenvalue weighted by molar-refractivity contribution is 5.76. The minimum absolute atomic E-state index is 0.0998. The first-order chi connectivity index (χ1) is 10.7. The predicted octanol–water partition coefficient (Wildman–Crippen LogP) is -0.349. The molecule has 0 aliphatic heterocycles. The second-order valence-electron chi connectivity index (χ2n) is 6.17. The molecular formula is C15H28N4O4. The van der Waals surface area contributed by atoms with E-state index in [1.807, 2.05) is 13.8 Å². The maximum atomic E-state index is 11.6. The predicted molar refractivity (Wildman–Crippen MR) is 86.5 cm³/mol. The molecular weight excluding hydrogens is 300 g/mol. The monoisotopic (exact) mass is 328 g/mol. The number of hydrogen-bond acceptors (Lipinski definition) is 4. The van der Waals surface area contributed by atoms with E-state index in [-0.39, 0.29) is 30.2 Å². The lowest BCUT2D eigenvalue weighted by atomic mass is 9.80. The van der Waals surface area contributed by atoms with Crippen LogP contribution in [0.1, 0.15) is 40.0 Å². The van der Waals surface area contributed by atoms with Crippen LogP contribution < -0.4 is 16.8 Å². The molecule has 0 bridgehead atoms. The molecule has 8 heteroatoms. The topological polar surface area (TPSA) is 151 Å². The van der Waals surface area contributed by atoms with E-state index in [1.165, 1.54) is 6.92 Å². The molecule has 0 spiro atoms. The molecule has 23 heavy (non-hydrogen) atoms. The zero-order valence-corrected chi connectivity index (χ0v) is 13.9. The average Bonchev–Trinajstić information content (AvgIpc) is 2.74. The maximum absolute atomic E-state index is 11.6. The van der Waals surface area contributed by atoms with Gasteiger partial charge in [-0.2, -0.15) is 0 Å². The van der Waals surface area contributed by atoms with Gasteiger partial charge in [-0.05, 0) is 12.3 Å². The Bertz CT molecular complexity index is 460. The summed E-state index contributed by atoms with van der Waals surface area (Å²) in [7, 11) is 0. The molecule has 1 aliphatic carbocycles. The van der Waals surface area contributed by atoms with Gasteiger partial charge in [-0.1, -0.05) is 26.7 Å². The summed E-state index contributed by atoms with van der Waals surface area (Å²) >= 11 is 0. The number of carbonyl (C=O) groups is 2. The normalized spacial score (nSPS) is 28.4. The molecule has 0 saturated heterocycles. The number of aliphatic carboxylic acids is 1. The molecule has 7 N–H and O–H groups in total. The Kier molecular flexibility index (Phi) is 6.80. The van der Waals surface area contributed by atoms with Gasteiger partial charge in [0.1, 0.15) is 0 Å². The van der Waals surface area contributed by atoms with Crippen molar-refractivity contribution in [2.75, 3.05) is 0 Å². The summed E-state index contributed by atoms with van der Waals surface area (Å²) in [4.78, 5) is 27.1. The van der Waals surface area contributed by atoms with Crippen molar-refractivity contribution in [1.82, 2.24) is 5.32 Å². The van der Waals surface area contributed by atoms with Crippen LogP contribution in [0.3, 0.4) is 0 Å². The Morgan fingerprint density at radius 3 is 2.26 bits per heavy atom. The van der Waals surface area contributed by atoms with Crippen molar-refractivity contribution in [2.45, 2.75) is 58.2 Å². The molecule has 132 valence electrons. The first-order valence-corrected chi connectivity index (χ1v) is 7.99. The number of carbonyl (C=O) groups excluding carboxylic acids is 1. The second-order valence-corrected chi connectivity index (χ2v) is 6.17. The van der Waals surface area contributed by atoms with Gasteiger partial charge in [0.2, 0.25) is 5.91 Å². The van der Waals surface area contributed by atoms with Crippen LogP contribution in [0, 0.1) is 17.8 Å². The molecule has 1 fully saturated rings. The number of hydrogen-bond donors (Lipinski definition) is 5. The van der Waals surface area contributed by atoms with Gasteiger partial charge in [0.25, 0.3) is 0 Å². The number of nitrogens with one attached hydrogen (secondary N) is 1. The summed E-state index contributed by atoms with van der Waals surface area (Å²) in [5.74, 6) is -2.84. The molecule has 1 amide bonds. The molecule has 0 aromatic carbocycles. The van der Waals surface area contributed by atoms with E-state index < -0.39 is 30.0 Å². The maximum Gasteiger partial charge on any atom is 0.309 e. The average molecular weight is 328 g/mol. The smallest absolute Gasteiger partial charge is 0.309 e. The van der Waals surface area contributed by atoms with Crippen molar-refractivity contribution in [1.29, 1.82) is 0 Å². The molecule has 0 radical (unpaired) electrons. The number of carboxylic acid groups (broad SMARTS) is 1.